The number of rotatable bonds is 8. The highest BCUT2D eigenvalue weighted by Gasteiger charge is 2.48. The summed E-state index contributed by atoms with van der Waals surface area (Å²) >= 11 is 0. The van der Waals surface area contributed by atoms with E-state index in [1.165, 1.54) is 0 Å². The van der Waals surface area contributed by atoms with Crippen LogP contribution in [0.2, 0.25) is 0 Å². The highest BCUT2D eigenvalue weighted by molar-refractivity contribution is 5.99. The zero-order valence-corrected chi connectivity index (χ0v) is 27.7. The summed E-state index contributed by atoms with van der Waals surface area (Å²) in [6, 6.07) is 7.67. The van der Waals surface area contributed by atoms with Gasteiger partial charge in [-0.3, -0.25) is 18.5 Å². The molecule has 5 aliphatic rings. The van der Waals surface area contributed by atoms with Crippen molar-refractivity contribution in [3.63, 3.8) is 0 Å². The minimum Gasteiger partial charge on any atom is -0.434 e. The normalized spacial score (nSPS) is 31.6. The molecule has 7 rings (SSSR count). The van der Waals surface area contributed by atoms with Crippen LogP contribution in [0.1, 0.15) is 113 Å². The summed E-state index contributed by atoms with van der Waals surface area (Å²) in [4.78, 5) is 43.4. The lowest BCUT2D eigenvalue weighted by Gasteiger charge is -2.37. The van der Waals surface area contributed by atoms with Crippen LogP contribution in [0.5, 0.6) is 0 Å². The Morgan fingerprint density at radius 2 is 1.74 bits per heavy atom. The Bertz CT molecular complexity index is 1450. The smallest absolute Gasteiger partial charge is 0.357 e. The number of benzene rings is 1. The first-order valence-electron chi connectivity index (χ1n) is 18.1. The van der Waals surface area contributed by atoms with Crippen molar-refractivity contribution in [3.05, 3.63) is 35.5 Å². The molecule has 1 spiro atoms. The fraction of sp³-hybridized carbons (Fsp3) is 0.711. The lowest BCUT2D eigenvalue weighted by Crippen LogP contribution is -2.48. The number of methoxy groups -OCH3 is 1. The Morgan fingerprint density at radius 1 is 1.00 bits per heavy atom. The van der Waals surface area contributed by atoms with Crippen LogP contribution in [-0.2, 0) is 31.2 Å². The van der Waals surface area contributed by atoms with Crippen LogP contribution >= 0.6 is 0 Å². The second kappa shape index (κ2) is 13.0. The number of ether oxygens (including phenoxy) is 2. The lowest BCUT2D eigenvalue weighted by atomic mass is 9.74. The molecule has 8 heteroatoms. The third-order valence-electron chi connectivity index (χ3n) is 12.7. The number of carbonyl (C=O) groups excluding carboxylic acids is 3. The number of likely N-dealkylation sites (tertiary alicyclic amines) is 1. The topological polar surface area (TPSA) is 77.8 Å². The van der Waals surface area contributed by atoms with E-state index in [1.807, 2.05) is 24.0 Å². The minimum atomic E-state index is -0.577. The highest BCUT2D eigenvalue weighted by atomic mass is 19.1. The summed E-state index contributed by atoms with van der Waals surface area (Å²) in [5.74, 6) is 0.890. The molecule has 250 valence electrons. The van der Waals surface area contributed by atoms with Gasteiger partial charge in [0.25, 0.3) is 0 Å². The van der Waals surface area contributed by atoms with Gasteiger partial charge in [-0.25, -0.2) is 4.79 Å². The van der Waals surface area contributed by atoms with Crippen molar-refractivity contribution in [2.24, 2.45) is 29.6 Å². The SMILES string of the molecule is COC1CCC([C@@H]2CCN(C(=O)C3CCC([C@H](C)CF)CC3)[C@@H]2C(=O)Cc2ccc3c(c2)cc2n3C3(CCCCC3)OC2=O)CC1. The van der Waals surface area contributed by atoms with Crippen LogP contribution in [0.4, 0.5) is 4.39 Å². The van der Waals surface area contributed by atoms with E-state index in [4.69, 9.17) is 9.47 Å². The first-order chi connectivity index (χ1) is 22.3. The van der Waals surface area contributed by atoms with Gasteiger partial charge < -0.3 is 14.4 Å². The molecule has 0 bridgehead atoms. The van der Waals surface area contributed by atoms with Gasteiger partial charge in [-0.15, -0.1) is 0 Å². The van der Waals surface area contributed by atoms with E-state index in [-0.39, 0.29) is 54.6 Å². The fourth-order valence-corrected chi connectivity index (χ4v) is 9.99. The van der Waals surface area contributed by atoms with Crippen molar-refractivity contribution < 1.29 is 28.2 Å². The van der Waals surface area contributed by atoms with E-state index in [2.05, 4.69) is 16.7 Å². The van der Waals surface area contributed by atoms with Gasteiger partial charge in [0.05, 0.1) is 24.3 Å². The molecule has 3 atom stereocenters. The third-order valence-corrected chi connectivity index (χ3v) is 12.7. The number of Topliss-reactive ketones (excluding diaryl/α,β-unsaturated/α-hetero) is 1. The van der Waals surface area contributed by atoms with Gasteiger partial charge in [0.15, 0.2) is 11.5 Å². The first-order valence-corrected chi connectivity index (χ1v) is 18.1. The minimum absolute atomic E-state index is 0.0435. The quantitative estimate of drug-likeness (QED) is 0.283. The summed E-state index contributed by atoms with van der Waals surface area (Å²) in [7, 11) is 1.78. The summed E-state index contributed by atoms with van der Waals surface area (Å²) < 4.78 is 27.1. The standard InChI is InChI=1S/C38H51FN2O5/c1-24(23-39)26-7-9-28(10-8-26)36(43)40-19-16-31(27-11-13-30(45-2)14-12-27)35(40)34(42)21-25-6-15-32-29(20-25)22-33-37(44)46-38(41(32)33)17-4-3-5-18-38/h6,15,20,22,24,26-28,30-31,35H,3-5,7-14,16-19,21,23H2,1-2H3/t24-,26?,27?,28?,30?,31+,35+/m1/s1. The number of carbonyl (C=O) groups is 3. The molecule has 1 amide bonds. The van der Waals surface area contributed by atoms with Gasteiger partial charge in [-0.05, 0) is 118 Å². The van der Waals surface area contributed by atoms with Crippen molar-refractivity contribution in [3.8, 4) is 0 Å². The van der Waals surface area contributed by atoms with Crippen LogP contribution in [0.25, 0.3) is 10.9 Å². The highest BCUT2D eigenvalue weighted by Crippen LogP contribution is 2.46. The van der Waals surface area contributed by atoms with E-state index in [9.17, 15) is 18.8 Å². The van der Waals surface area contributed by atoms with E-state index >= 15 is 0 Å². The molecule has 3 saturated carbocycles. The Kier molecular flexibility index (Phi) is 9.03. The number of hydrogen-bond donors (Lipinski definition) is 0. The number of hydrogen-bond acceptors (Lipinski definition) is 5. The first kappa shape index (κ1) is 31.8. The summed E-state index contributed by atoms with van der Waals surface area (Å²) in [6.07, 6.45) is 13.8. The Labute approximate surface area is 272 Å². The molecule has 2 aliphatic heterocycles. The summed E-state index contributed by atoms with van der Waals surface area (Å²) in [6.45, 7) is 2.31. The number of amides is 1. The maximum atomic E-state index is 14.4. The van der Waals surface area contributed by atoms with Gasteiger partial charge >= 0.3 is 5.97 Å². The van der Waals surface area contributed by atoms with E-state index in [1.54, 1.807) is 7.11 Å². The molecule has 0 N–H and O–H groups in total. The van der Waals surface area contributed by atoms with Crippen molar-refractivity contribution in [2.45, 2.75) is 121 Å². The molecule has 3 aliphatic carbocycles. The van der Waals surface area contributed by atoms with Crippen LogP contribution in [-0.4, -0.2) is 59.6 Å². The summed E-state index contributed by atoms with van der Waals surface area (Å²) in [5, 5.41) is 0.968. The van der Waals surface area contributed by atoms with Gasteiger partial charge in [0.1, 0.15) is 5.69 Å². The molecule has 4 fully saturated rings. The van der Waals surface area contributed by atoms with Crippen LogP contribution < -0.4 is 0 Å². The van der Waals surface area contributed by atoms with E-state index < -0.39 is 11.8 Å². The number of halogens is 1. The van der Waals surface area contributed by atoms with Gasteiger partial charge in [0, 0.05) is 44.2 Å². The van der Waals surface area contributed by atoms with Crippen LogP contribution in [0.3, 0.4) is 0 Å². The average molecular weight is 635 g/mol. The maximum absolute atomic E-state index is 14.4. The Morgan fingerprint density at radius 3 is 2.43 bits per heavy atom. The van der Waals surface area contributed by atoms with Crippen LogP contribution in [0.15, 0.2) is 24.3 Å². The molecule has 1 aromatic carbocycles. The Hall–Kier alpha value is -2.74. The molecule has 2 aromatic rings. The van der Waals surface area contributed by atoms with Gasteiger partial charge in [-0.2, -0.15) is 0 Å². The second-order valence-electron chi connectivity index (χ2n) is 15.2. The van der Waals surface area contributed by atoms with Gasteiger partial charge in [0.2, 0.25) is 5.91 Å². The molecule has 46 heavy (non-hydrogen) atoms. The predicted octanol–water partition coefficient (Wildman–Crippen LogP) is 7.37. The number of ketones is 1. The van der Waals surface area contributed by atoms with E-state index in [0.717, 1.165) is 106 Å². The van der Waals surface area contributed by atoms with Crippen molar-refractivity contribution in [1.29, 1.82) is 0 Å². The number of esters is 1. The zero-order chi connectivity index (χ0) is 32.0. The molecule has 0 unspecified atom stereocenters. The number of alkyl halides is 1. The predicted molar refractivity (Wildman–Crippen MR) is 174 cm³/mol. The number of nitrogens with zero attached hydrogens (tertiary/aromatic N) is 2. The van der Waals surface area contributed by atoms with Crippen molar-refractivity contribution in [2.75, 3.05) is 20.3 Å². The average Bonchev–Trinajstić information content (AvgIpc) is 3.77. The monoisotopic (exact) mass is 634 g/mol. The maximum Gasteiger partial charge on any atom is 0.357 e. The van der Waals surface area contributed by atoms with Crippen molar-refractivity contribution in [1.82, 2.24) is 9.47 Å². The number of fused-ring (bicyclic) bond motifs is 4. The molecular formula is C38H51FN2O5. The number of aromatic nitrogens is 1. The largest absolute Gasteiger partial charge is 0.434 e. The molecule has 7 nitrogen and oxygen atoms in total. The summed E-state index contributed by atoms with van der Waals surface area (Å²) in [5.41, 5.74) is 1.94. The second-order valence-corrected chi connectivity index (χ2v) is 15.2. The Balaban J connectivity index is 1.12. The lowest BCUT2D eigenvalue weighted by molar-refractivity contribution is -0.143. The van der Waals surface area contributed by atoms with Gasteiger partial charge in [-0.1, -0.05) is 19.4 Å². The molecule has 1 saturated heterocycles. The molecular weight excluding hydrogens is 583 g/mol. The third kappa shape index (κ3) is 5.71. The zero-order valence-electron chi connectivity index (χ0n) is 27.7. The molecule has 1 aromatic heterocycles. The molecule has 3 heterocycles. The van der Waals surface area contributed by atoms with Crippen LogP contribution in [0, 0.1) is 29.6 Å². The fourth-order valence-electron chi connectivity index (χ4n) is 9.99. The molecule has 0 radical (unpaired) electrons. The van der Waals surface area contributed by atoms with E-state index in [0.29, 0.717) is 24.1 Å². The van der Waals surface area contributed by atoms with Crippen molar-refractivity contribution >= 4 is 28.6 Å².